The van der Waals surface area contributed by atoms with Crippen molar-refractivity contribution in [1.29, 1.82) is 0 Å². The predicted octanol–water partition coefficient (Wildman–Crippen LogP) is 3.86. The smallest absolute Gasteiger partial charge is 0.324 e. The highest BCUT2D eigenvalue weighted by Crippen LogP contribution is 2.46. The van der Waals surface area contributed by atoms with Crippen molar-refractivity contribution in [2.45, 2.75) is 52.4 Å². The summed E-state index contributed by atoms with van der Waals surface area (Å²) in [6, 6.07) is 5.64. The summed E-state index contributed by atoms with van der Waals surface area (Å²) in [5, 5.41) is 2.17. The second-order valence-electron chi connectivity index (χ2n) is 9.70. The van der Waals surface area contributed by atoms with E-state index in [9.17, 15) is 23.6 Å². The molecule has 186 valence electrons. The lowest BCUT2D eigenvalue weighted by molar-refractivity contribution is -0.138. The minimum atomic E-state index is -0.911. The van der Waals surface area contributed by atoms with E-state index < -0.39 is 34.8 Å². The van der Waals surface area contributed by atoms with Crippen molar-refractivity contribution in [3.05, 3.63) is 64.2 Å². The molecule has 0 bridgehead atoms. The molecule has 36 heavy (non-hydrogen) atoms. The molecule has 1 saturated carbocycles. The van der Waals surface area contributed by atoms with Crippen LogP contribution >= 0.6 is 0 Å². The molecule has 1 spiro atoms. The number of amides is 3. The number of nitrogens with one attached hydrogen (secondary N) is 1. The summed E-state index contributed by atoms with van der Waals surface area (Å²) in [7, 11) is 0. The third-order valence-electron chi connectivity index (χ3n) is 7.20. The SMILES string of the molecule is CC#Cc1cc(C)c(C2C(=O)CC3(CCN(C(=O)NC(=O)c4ncccc4F)CC3)CC2=O)c(C)c1. The van der Waals surface area contributed by atoms with Crippen molar-refractivity contribution in [3.63, 3.8) is 0 Å². The number of imide groups is 1. The van der Waals surface area contributed by atoms with Crippen LogP contribution in [0.1, 0.15) is 71.3 Å². The number of likely N-dealkylation sites (tertiary alicyclic amines) is 1. The van der Waals surface area contributed by atoms with Crippen LogP contribution in [0, 0.1) is 36.9 Å². The number of nitrogens with zero attached hydrogens (tertiary/aromatic N) is 2. The van der Waals surface area contributed by atoms with E-state index >= 15 is 0 Å². The fourth-order valence-corrected chi connectivity index (χ4v) is 5.48. The maximum absolute atomic E-state index is 13.8. The van der Waals surface area contributed by atoms with E-state index in [1.807, 2.05) is 26.0 Å². The van der Waals surface area contributed by atoms with Crippen molar-refractivity contribution in [3.8, 4) is 11.8 Å². The van der Waals surface area contributed by atoms with Gasteiger partial charge < -0.3 is 4.90 Å². The number of urea groups is 1. The van der Waals surface area contributed by atoms with Crippen LogP contribution in [-0.4, -0.2) is 46.5 Å². The van der Waals surface area contributed by atoms with Gasteiger partial charge in [0.05, 0.1) is 0 Å². The molecule has 1 aliphatic heterocycles. The zero-order chi connectivity index (χ0) is 26.0. The monoisotopic (exact) mass is 489 g/mol. The number of piperidine rings is 1. The number of Topliss-reactive ketones (excluding diaryl/α,β-unsaturated/α-hetero) is 2. The third kappa shape index (κ3) is 4.92. The van der Waals surface area contributed by atoms with Gasteiger partial charge in [0, 0.05) is 37.7 Å². The van der Waals surface area contributed by atoms with Gasteiger partial charge in [0.15, 0.2) is 11.5 Å². The molecule has 0 unspecified atom stereocenters. The number of hydrogen-bond acceptors (Lipinski definition) is 5. The van der Waals surface area contributed by atoms with Crippen LogP contribution in [0.2, 0.25) is 0 Å². The molecule has 1 saturated heterocycles. The average Bonchev–Trinajstić information content (AvgIpc) is 2.81. The molecule has 3 amide bonds. The van der Waals surface area contributed by atoms with E-state index in [0.717, 1.165) is 28.3 Å². The van der Waals surface area contributed by atoms with Crippen LogP contribution in [0.4, 0.5) is 9.18 Å². The standard InChI is InChI=1S/C28H28FN3O4/c1-4-6-19-13-17(2)23(18(3)14-19)24-21(33)15-28(16-22(24)34)8-11-32(12-9-28)27(36)31-26(35)25-20(29)7-5-10-30-25/h5,7,10,13-14,24H,8-9,11-12,15-16H2,1-3H3,(H,31,35,36). The predicted molar refractivity (Wildman–Crippen MR) is 131 cm³/mol. The van der Waals surface area contributed by atoms with Crippen LogP contribution < -0.4 is 5.32 Å². The molecule has 2 aliphatic rings. The van der Waals surface area contributed by atoms with Gasteiger partial charge in [0.1, 0.15) is 17.5 Å². The number of pyridine rings is 1. The van der Waals surface area contributed by atoms with Crippen LogP contribution in [0.15, 0.2) is 30.5 Å². The van der Waals surface area contributed by atoms with Crippen molar-refractivity contribution >= 4 is 23.5 Å². The highest BCUT2D eigenvalue weighted by Gasteiger charge is 2.48. The van der Waals surface area contributed by atoms with Gasteiger partial charge in [-0.1, -0.05) is 5.92 Å². The van der Waals surface area contributed by atoms with Gasteiger partial charge in [-0.2, -0.15) is 0 Å². The zero-order valence-corrected chi connectivity index (χ0v) is 20.6. The lowest BCUT2D eigenvalue weighted by Gasteiger charge is -2.44. The Morgan fingerprint density at radius 3 is 2.28 bits per heavy atom. The molecular formula is C28H28FN3O4. The van der Waals surface area contributed by atoms with Crippen LogP contribution in [0.25, 0.3) is 0 Å². The highest BCUT2D eigenvalue weighted by atomic mass is 19.1. The molecular weight excluding hydrogens is 461 g/mol. The van der Waals surface area contributed by atoms with Gasteiger partial charge in [0.2, 0.25) is 0 Å². The summed E-state index contributed by atoms with van der Waals surface area (Å²) in [5.74, 6) is 3.22. The first-order valence-electron chi connectivity index (χ1n) is 11.9. The first-order chi connectivity index (χ1) is 17.1. The molecule has 1 aromatic heterocycles. The van der Waals surface area contributed by atoms with Crippen LogP contribution in [-0.2, 0) is 9.59 Å². The van der Waals surface area contributed by atoms with Gasteiger partial charge in [-0.3, -0.25) is 19.7 Å². The summed E-state index contributed by atoms with van der Waals surface area (Å²) in [4.78, 5) is 56.6. The van der Waals surface area contributed by atoms with Gasteiger partial charge >= 0.3 is 6.03 Å². The fourth-order valence-electron chi connectivity index (χ4n) is 5.48. The second kappa shape index (κ2) is 10.0. The minimum absolute atomic E-state index is 0.0921. The van der Waals surface area contributed by atoms with Crippen molar-refractivity contribution in [1.82, 2.24) is 15.2 Å². The Morgan fingerprint density at radius 1 is 1.11 bits per heavy atom. The van der Waals surface area contributed by atoms with Crippen LogP contribution in [0.3, 0.4) is 0 Å². The molecule has 0 atom stereocenters. The van der Waals surface area contributed by atoms with E-state index in [2.05, 4.69) is 22.1 Å². The van der Waals surface area contributed by atoms with Crippen molar-refractivity contribution < 1.29 is 23.6 Å². The van der Waals surface area contributed by atoms with E-state index in [0.29, 0.717) is 12.8 Å². The Labute approximate surface area is 209 Å². The highest BCUT2D eigenvalue weighted by molar-refractivity contribution is 6.10. The quantitative estimate of drug-likeness (QED) is 0.511. The fraction of sp³-hybridized carbons (Fsp3) is 0.393. The molecule has 4 rings (SSSR count). The largest absolute Gasteiger partial charge is 0.324 e. The lowest BCUT2D eigenvalue weighted by atomic mass is 9.62. The zero-order valence-electron chi connectivity index (χ0n) is 20.6. The third-order valence-corrected chi connectivity index (χ3v) is 7.20. The second-order valence-corrected chi connectivity index (χ2v) is 9.70. The lowest BCUT2D eigenvalue weighted by Crippen LogP contribution is -2.51. The van der Waals surface area contributed by atoms with Gasteiger partial charge in [0.25, 0.3) is 5.91 Å². The summed E-state index contributed by atoms with van der Waals surface area (Å²) >= 11 is 0. The van der Waals surface area contributed by atoms with E-state index in [1.165, 1.54) is 17.2 Å². The first-order valence-corrected chi connectivity index (χ1v) is 11.9. The Hall–Kier alpha value is -3.86. The molecule has 0 radical (unpaired) electrons. The summed E-state index contributed by atoms with van der Waals surface area (Å²) in [5.41, 5.74) is 2.46. The van der Waals surface area contributed by atoms with E-state index in [-0.39, 0.29) is 37.5 Å². The van der Waals surface area contributed by atoms with E-state index in [1.54, 1.807) is 6.92 Å². The Kier molecular flexibility index (Phi) is 7.02. The Balaban J connectivity index is 1.42. The van der Waals surface area contributed by atoms with Crippen LogP contribution in [0.5, 0.6) is 0 Å². The topological polar surface area (TPSA) is 96.4 Å². The molecule has 1 N–H and O–H groups in total. The summed E-state index contributed by atoms with van der Waals surface area (Å²) in [6.07, 6.45) is 2.76. The molecule has 8 heteroatoms. The Morgan fingerprint density at radius 2 is 1.72 bits per heavy atom. The van der Waals surface area contributed by atoms with Gasteiger partial charge in [-0.15, -0.1) is 5.92 Å². The normalized spacial score (nSPS) is 17.5. The summed E-state index contributed by atoms with van der Waals surface area (Å²) in [6.45, 7) is 6.15. The number of carbonyl (C=O) groups is 4. The van der Waals surface area contributed by atoms with Gasteiger partial charge in [-0.25, -0.2) is 14.2 Å². The number of rotatable bonds is 2. The number of hydrogen-bond donors (Lipinski definition) is 1. The number of aromatic nitrogens is 1. The molecule has 2 fully saturated rings. The number of ketones is 2. The number of halogens is 1. The number of carbonyl (C=O) groups excluding carboxylic acids is 4. The minimum Gasteiger partial charge on any atom is -0.324 e. The van der Waals surface area contributed by atoms with Crippen molar-refractivity contribution in [2.75, 3.05) is 13.1 Å². The molecule has 1 aliphatic carbocycles. The molecule has 7 nitrogen and oxygen atoms in total. The first kappa shape index (κ1) is 25.2. The van der Waals surface area contributed by atoms with Crippen molar-refractivity contribution in [2.24, 2.45) is 5.41 Å². The Bertz CT molecular complexity index is 1270. The van der Waals surface area contributed by atoms with E-state index in [4.69, 9.17) is 0 Å². The summed E-state index contributed by atoms with van der Waals surface area (Å²) < 4.78 is 13.8. The average molecular weight is 490 g/mol. The van der Waals surface area contributed by atoms with Gasteiger partial charge in [-0.05, 0) is 80.0 Å². The molecule has 1 aromatic carbocycles. The maximum atomic E-state index is 13.8. The maximum Gasteiger partial charge on any atom is 0.324 e. The molecule has 2 heterocycles. The molecule has 2 aromatic rings. The number of aryl methyl sites for hydroxylation is 2. The number of benzene rings is 1.